The molecule has 0 aliphatic carbocycles. The summed E-state index contributed by atoms with van der Waals surface area (Å²) in [5, 5.41) is 2.74. The summed E-state index contributed by atoms with van der Waals surface area (Å²) in [5.41, 5.74) is 1.70. The molecule has 4 heteroatoms. The Balaban J connectivity index is 2.01. The number of para-hydroxylation sites is 1. The molecule has 1 heterocycles. The SMILES string of the molecule is CN(c1ccccc1)N1C(=O)c2ccccc2C1=O. The lowest BCUT2D eigenvalue weighted by Gasteiger charge is -2.27. The lowest BCUT2D eigenvalue weighted by molar-refractivity contribution is 0.0644. The van der Waals surface area contributed by atoms with Gasteiger partial charge in [0, 0.05) is 7.05 Å². The average molecular weight is 252 g/mol. The fraction of sp³-hybridized carbons (Fsp3) is 0.0667. The number of carbonyl (C=O) groups is 2. The Morgan fingerprint density at radius 3 is 1.79 bits per heavy atom. The van der Waals surface area contributed by atoms with Crippen LogP contribution < -0.4 is 5.01 Å². The van der Waals surface area contributed by atoms with Crippen LogP contribution in [0, 0.1) is 0 Å². The van der Waals surface area contributed by atoms with Gasteiger partial charge in [-0.25, -0.2) is 0 Å². The van der Waals surface area contributed by atoms with E-state index in [-0.39, 0.29) is 11.8 Å². The van der Waals surface area contributed by atoms with Gasteiger partial charge in [-0.05, 0) is 24.3 Å². The minimum atomic E-state index is -0.285. The number of fused-ring (bicyclic) bond motifs is 1. The number of benzene rings is 2. The lowest BCUT2D eigenvalue weighted by atomic mass is 10.1. The van der Waals surface area contributed by atoms with Crippen LogP contribution >= 0.6 is 0 Å². The summed E-state index contributed by atoms with van der Waals surface area (Å²) in [6.07, 6.45) is 0. The predicted molar refractivity (Wildman–Crippen MR) is 71.8 cm³/mol. The van der Waals surface area contributed by atoms with Gasteiger partial charge in [0.2, 0.25) is 0 Å². The van der Waals surface area contributed by atoms with E-state index in [4.69, 9.17) is 0 Å². The molecule has 0 N–H and O–H groups in total. The van der Waals surface area contributed by atoms with Crippen LogP contribution in [0.25, 0.3) is 0 Å². The average Bonchev–Trinajstić information content (AvgIpc) is 2.72. The van der Waals surface area contributed by atoms with Crippen molar-refractivity contribution in [3.05, 3.63) is 65.7 Å². The highest BCUT2D eigenvalue weighted by molar-refractivity contribution is 6.22. The van der Waals surface area contributed by atoms with Crippen LogP contribution in [0.1, 0.15) is 20.7 Å². The molecule has 19 heavy (non-hydrogen) atoms. The highest BCUT2D eigenvalue weighted by Crippen LogP contribution is 2.26. The van der Waals surface area contributed by atoms with Gasteiger partial charge in [-0.3, -0.25) is 14.6 Å². The molecule has 94 valence electrons. The summed E-state index contributed by atoms with van der Waals surface area (Å²) in [5.74, 6) is -0.570. The molecule has 2 amide bonds. The third-order valence-corrected chi connectivity index (χ3v) is 3.20. The molecule has 0 fully saturated rings. The van der Waals surface area contributed by atoms with Gasteiger partial charge in [0.05, 0.1) is 16.8 Å². The van der Waals surface area contributed by atoms with Crippen LogP contribution in [-0.2, 0) is 0 Å². The number of amides is 2. The lowest BCUT2D eigenvalue weighted by Crippen LogP contribution is -2.44. The maximum Gasteiger partial charge on any atom is 0.280 e. The van der Waals surface area contributed by atoms with Crippen molar-refractivity contribution >= 4 is 17.5 Å². The molecule has 2 aromatic rings. The number of imide groups is 1. The predicted octanol–water partition coefficient (Wildman–Crippen LogP) is 2.33. The zero-order chi connectivity index (χ0) is 13.4. The molecule has 1 aliphatic rings. The third kappa shape index (κ3) is 1.69. The summed E-state index contributed by atoms with van der Waals surface area (Å²) < 4.78 is 0. The molecule has 0 atom stereocenters. The van der Waals surface area contributed by atoms with E-state index >= 15 is 0 Å². The van der Waals surface area contributed by atoms with E-state index in [1.807, 2.05) is 30.3 Å². The number of anilines is 1. The molecule has 0 unspecified atom stereocenters. The quantitative estimate of drug-likeness (QED) is 0.770. The molecular weight excluding hydrogens is 240 g/mol. The topological polar surface area (TPSA) is 40.6 Å². The fourth-order valence-electron chi connectivity index (χ4n) is 2.21. The number of hydrazine groups is 1. The second kappa shape index (κ2) is 4.24. The van der Waals surface area contributed by atoms with Crippen LogP contribution in [0.3, 0.4) is 0 Å². The number of nitrogens with zero attached hydrogens (tertiary/aromatic N) is 2. The maximum atomic E-state index is 12.3. The molecule has 0 saturated heterocycles. The summed E-state index contributed by atoms with van der Waals surface area (Å²) in [6.45, 7) is 0. The second-order valence-corrected chi connectivity index (χ2v) is 4.33. The van der Waals surface area contributed by atoms with E-state index in [1.54, 1.807) is 36.3 Å². The molecule has 4 nitrogen and oxygen atoms in total. The molecule has 0 radical (unpaired) electrons. The number of hydrogen-bond acceptors (Lipinski definition) is 3. The van der Waals surface area contributed by atoms with Crippen molar-refractivity contribution in [3.8, 4) is 0 Å². The van der Waals surface area contributed by atoms with E-state index < -0.39 is 0 Å². The van der Waals surface area contributed by atoms with Crippen LogP contribution in [0.2, 0.25) is 0 Å². The monoisotopic (exact) mass is 252 g/mol. The van der Waals surface area contributed by atoms with Crippen molar-refractivity contribution in [1.29, 1.82) is 0 Å². The Kier molecular flexibility index (Phi) is 2.56. The van der Waals surface area contributed by atoms with Crippen LogP contribution in [0.15, 0.2) is 54.6 Å². The third-order valence-electron chi connectivity index (χ3n) is 3.20. The van der Waals surface area contributed by atoms with Gasteiger partial charge in [-0.15, -0.1) is 0 Å². The molecule has 0 saturated carbocycles. The van der Waals surface area contributed by atoms with Gasteiger partial charge in [-0.1, -0.05) is 30.3 Å². The number of rotatable bonds is 2. The van der Waals surface area contributed by atoms with Crippen molar-refractivity contribution in [2.75, 3.05) is 12.1 Å². The highest BCUT2D eigenvalue weighted by atomic mass is 16.2. The Labute approximate surface area is 110 Å². The van der Waals surface area contributed by atoms with Crippen molar-refractivity contribution in [2.24, 2.45) is 0 Å². The van der Waals surface area contributed by atoms with Crippen molar-refractivity contribution in [2.45, 2.75) is 0 Å². The minimum Gasteiger partial charge on any atom is -0.278 e. The van der Waals surface area contributed by atoms with Crippen molar-refractivity contribution < 1.29 is 9.59 Å². The summed E-state index contributed by atoms with van der Waals surface area (Å²) in [4.78, 5) is 24.6. The van der Waals surface area contributed by atoms with Gasteiger partial charge < -0.3 is 0 Å². The standard InChI is InChI=1S/C15H12N2O2/c1-16(11-7-3-2-4-8-11)17-14(18)12-9-5-6-10-13(12)15(17)19/h2-10H,1H3. The van der Waals surface area contributed by atoms with Gasteiger partial charge >= 0.3 is 0 Å². The summed E-state index contributed by atoms with van der Waals surface area (Å²) in [6, 6.07) is 16.2. The van der Waals surface area contributed by atoms with E-state index in [0.717, 1.165) is 5.69 Å². The van der Waals surface area contributed by atoms with E-state index in [1.165, 1.54) is 5.01 Å². The Hall–Kier alpha value is -2.62. The van der Waals surface area contributed by atoms with Crippen LogP contribution in [0.4, 0.5) is 5.69 Å². The largest absolute Gasteiger partial charge is 0.280 e. The first-order chi connectivity index (χ1) is 9.20. The van der Waals surface area contributed by atoms with Crippen molar-refractivity contribution in [3.63, 3.8) is 0 Å². The van der Waals surface area contributed by atoms with Gasteiger partial charge in [0.15, 0.2) is 0 Å². The Morgan fingerprint density at radius 2 is 1.26 bits per heavy atom. The second-order valence-electron chi connectivity index (χ2n) is 4.33. The van der Waals surface area contributed by atoms with Gasteiger partial charge in [-0.2, -0.15) is 5.01 Å². The molecule has 0 spiro atoms. The van der Waals surface area contributed by atoms with Crippen molar-refractivity contribution in [1.82, 2.24) is 5.01 Å². The van der Waals surface area contributed by atoms with E-state index in [9.17, 15) is 9.59 Å². The number of hydrogen-bond donors (Lipinski definition) is 0. The molecule has 2 aromatic carbocycles. The number of carbonyl (C=O) groups excluding carboxylic acids is 2. The first kappa shape index (κ1) is 11.5. The zero-order valence-corrected chi connectivity index (χ0v) is 10.4. The summed E-state index contributed by atoms with van der Waals surface area (Å²) in [7, 11) is 1.71. The fourth-order valence-corrected chi connectivity index (χ4v) is 2.21. The van der Waals surface area contributed by atoms with E-state index in [0.29, 0.717) is 11.1 Å². The zero-order valence-electron chi connectivity index (χ0n) is 10.4. The molecule has 0 bridgehead atoms. The van der Waals surface area contributed by atoms with Gasteiger partial charge in [0.25, 0.3) is 11.8 Å². The van der Waals surface area contributed by atoms with Crippen LogP contribution in [0.5, 0.6) is 0 Å². The highest BCUT2D eigenvalue weighted by Gasteiger charge is 2.38. The van der Waals surface area contributed by atoms with Gasteiger partial charge in [0.1, 0.15) is 0 Å². The Bertz CT molecular complexity index is 617. The Morgan fingerprint density at radius 1 is 0.789 bits per heavy atom. The first-order valence-corrected chi connectivity index (χ1v) is 5.96. The first-order valence-electron chi connectivity index (χ1n) is 5.96. The molecule has 3 rings (SSSR count). The normalized spacial score (nSPS) is 13.6. The molecule has 0 aromatic heterocycles. The molecule has 1 aliphatic heterocycles. The minimum absolute atomic E-state index is 0.285. The van der Waals surface area contributed by atoms with E-state index in [2.05, 4.69) is 0 Å². The van der Waals surface area contributed by atoms with Crippen LogP contribution in [-0.4, -0.2) is 23.9 Å². The molecular formula is C15H12N2O2. The smallest absolute Gasteiger partial charge is 0.278 e. The summed E-state index contributed by atoms with van der Waals surface area (Å²) >= 11 is 0. The maximum absolute atomic E-state index is 12.3.